The monoisotopic (exact) mass is 283 g/mol. The first-order valence-electron chi connectivity index (χ1n) is 6.16. The van der Waals surface area contributed by atoms with E-state index < -0.39 is 0 Å². The number of thiophene rings is 1. The summed E-state index contributed by atoms with van der Waals surface area (Å²) in [6.07, 6.45) is 3.67. The van der Waals surface area contributed by atoms with Crippen molar-refractivity contribution in [3.63, 3.8) is 0 Å². The van der Waals surface area contributed by atoms with Crippen molar-refractivity contribution in [2.45, 2.75) is 0 Å². The van der Waals surface area contributed by atoms with Gasteiger partial charge in [0.1, 0.15) is 0 Å². The summed E-state index contributed by atoms with van der Waals surface area (Å²) in [5.74, 6) is -0.184. The van der Waals surface area contributed by atoms with E-state index in [2.05, 4.69) is 16.6 Å². The summed E-state index contributed by atoms with van der Waals surface area (Å²) in [5, 5.41) is 7.01. The van der Waals surface area contributed by atoms with E-state index in [4.69, 9.17) is 0 Å². The molecular formula is C15H13N3OS. The molecular weight excluding hydrogens is 270 g/mol. The lowest BCUT2D eigenvalue weighted by molar-refractivity contribution is 0.0959. The number of aromatic nitrogens is 1. The Bertz CT molecular complexity index is 772. The molecule has 1 amide bonds. The number of hydrogen-bond donors (Lipinski definition) is 1. The summed E-state index contributed by atoms with van der Waals surface area (Å²) in [6.45, 7) is 0. The van der Waals surface area contributed by atoms with E-state index in [0.29, 0.717) is 4.88 Å². The molecule has 0 aliphatic rings. The number of rotatable bonds is 3. The van der Waals surface area contributed by atoms with Crippen molar-refractivity contribution in [1.29, 1.82) is 0 Å². The number of carbonyl (C=O) groups excluding carboxylic acids is 1. The minimum absolute atomic E-state index is 0.184. The van der Waals surface area contributed by atoms with Crippen LogP contribution in [0, 0.1) is 0 Å². The van der Waals surface area contributed by atoms with Crippen LogP contribution in [-0.2, 0) is 7.05 Å². The Morgan fingerprint density at radius 1 is 1.30 bits per heavy atom. The minimum atomic E-state index is -0.184. The summed E-state index contributed by atoms with van der Waals surface area (Å²) in [6, 6.07) is 11.7. The number of hydrogen-bond acceptors (Lipinski definition) is 3. The van der Waals surface area contributed by atoms with Gasteiger partial charge in [0.05, 0.1) is 11.1 Å². The van der Waals surface area contributed by atoms with Crippen LogP contribution in [0.1, 0.15) is 15.2 Å². The van der Waals surface area contributed by atoms with Crippen LogP contribution in [0.15, 0.2) is 53.1 Å². The standard InChI is InChI=1S/C15H13N3OS/c1-18-10-11(12-5-2-3-6-13(12)18)9-16-17-15(19)14-7-4-8-20-14/h2-10H,1H3,(H,17,19). The van der Waals surface area contributed by atoms with Crippen molar-refractivity contribution in [2.75, 3.05) is 0 Å². The zero-order valence-corrected chi connectivity index (χ0v) is 11.7. The molecule has 3 rings (SSSR count). The molecule has 20 heavy (non-hydrogen) atoms. The zero-order chi connectivity index (χ0) is 13.9. The highest BCUT2D eigenvalue weighted by Crippen LogP contribution is 2.18. The van der Waals surface area contributed by atoms with Gasteiger partial charge in [-0.25, -0.2) is 5.43 Å². The van der Waals surface area contributed by atoms with Crippen molar-refractivity contribution in [3.8, 4) is 0 Å². The molecule has 0 bridgehead atoms. The fourth-order valence-corrected chi connectivity index (χ4v) is 2.71. The summed E-state index contributed by atoms with van der Waals surface area (Å²) in [5.41, 5.74) is 4.66. The average Bonchev–Trinajstić information content (AvgIpc) is 3.09. The molecule has 0 saturated heterocycles. The molecule has 5 heteroatoms. The normalized spacial score (nSPS) is 11.2. The van der Waals surface area contributed by atoms with E-state index in [1.165, 1.54) is 11.3 Å². The molecule has 1 aromatic carbocycles. The first-order valence-corrected chi connectivity index (χ1v) is 7.04. The van der Waals surface area contributed by atoms with Crippen molar-refractivity contribution < 1.29 is 4.79 Å². The molecule has 0 fully saturated rings. The second-order valence-corrected chi connectivity index (χ2v) is 5.34. The maximum Gasteiger partial charge on any atom is 0.281 e. The maximum absolute atomic E-state index is 11.7. The summed E-state index contributed by atoms with van der Waals surface area (Å²) in [7, 11) is 1.99. The highest BCUT2D eigenvalue weighted by Gasteiger charge is 2.05. The van der Waals surface area contributed by atoms with Crippen molar-refractivity contribution in [1.82, 2.24) is 9.99 Å². The zero-order valence-electron chi connectivity index (χ0n) is 10.9. The third kappa shape index (κ3) is 2.35. The smallest absolute Gasteiger partial charge is 0.281 e. The lowest BCUT2D eigenvalue weighted by Gasteiger charge is -1.95. The van der Waals surface area contributed by atoms with Crippen LogP contribution in [0.5, 0.6) is 0 Å². The third-order valence-corrected chi connectivity index (χ3v) is 3.91. The molecule has 0 radical (unpaired) electrons. The Morgan fingerprint density at radius 3 is 2.95 bits per heavy atom. The Balaban J connectivity index is 1.80. The number of para-hydroxylation sites is 1. The van der Waals surface area contributed by atoms with Crippen LogP contribution >= 0.6 is 11.3 Å². The number of hydrazone groups is 1. The van der Waals surface area contributed by atoms with Gasteiger partial charge in [-0.05, 0) is 17.5 Å². The van der Waals surface area contributed by atoms with Gasteiger partial charge in [-0.1, -0.05) is 24.3 Å². The van der Waals surface area contributed by atoms with Gasteiger partial charge in [0.2, 0.25) is 0 Å². The first-order chi connectivity index (χ1) is 9.75. The van der Waals surface area contributed by atoms with Crippen LogP contribution in [0.25, 0.3) is 10.9 Å². The molecule has 2 aromatic heterocycles. The molecule has 0 aliphatic heterocycles. The maximum atomic E-state index is 11.7. The highest BCUT2D eigenvalue weighted by atomic mass is 32.1. The van der Waals surface area contributed by atoms with Gasteiger partial charge in [-0.15, -0.1) is 11.3 Å². The lowest BCUT2D eigenvalue weighted by atomic mass is 10.2. The number of aryl methyl sites for hydroxylation is 1. The van der Waals surface area contributed by atoms with E-state index in [1.54, 1.807) is 12.3 Å². The highest BCUT2D eigenvalue weighted by molar-refractivity contribution is 7.12. The van der Waals surface area contributed by atoms with Gasteiger partial charge in [0, 0.05) is 29.7 Å². The molecule has 2 heterocycles. The topological polar surface area (TPSA) is 46.4 Å². The van der Waals surface area contributed by atoms with E-state index in [-0.39, 0.29) is 5.91 Å². The van der Waals surface area contributed by atoms with Crippen molar-refractivity contribution in [2.24, 2.45) is 12.1 Å². The minimum Gasteiger partial charge on any atom is -0.350 e. The van der Waals surface area contributed by atoms with Gasteiger partial charge < -0.3 is 4.57 Å². The molecule has 0 saturated carbocycles. The van der Waals surface area contributed by atoms with Crippen LogP contribution < -0.4 is 5.43 Å². The summed E-state index contributed by atoms with van der Waals surface area (Å²) in [4.78, 5) is 12.4. The molecule has 1 N–H and O–H groups in total. The second-order valence-electron chi connectivity index (χ2n) is 4.39. The van der Waals surface area contributed by atoms with Crippen molar-refractivity contribution >= 4 is 34.4 Å². The molecule has 0 unspecified atom stereocenters. The van der Waals surface area contributed by atoms with Gasteiger partial charge in [0.25, 0.3) is 5.91 Å². The largest absolute Gasteiger partial charge is 0.350 e. The number of carbonyl (C=O) groups is 1. The number of nitrogens with one attached hydrogen (secondary N) is 1. The van der Waals surface area contributed by atoms with Gasteiger partial charge in [-0.2, -0.15) is 5.10 Å². The number of nitrogens with zero attached hydrogens (tertiary/aromatic N) is 2. The Hall–Kier alpha value is -2.40. The Morgan fingerprint density at radius 2 is 2.15 bits per heavy atom. The molecule has 0 aliphatic carbocycles. The molecule has 0 atom stereocenters. The molecule has 3 aromatic rings. The van der Waals surface area contributed by atoms with Crippen LogP contribution in [-0.4, -0.2) is 16.7 Å². The number of amides is 1. The van der Waals surface area contributed by atoms with Gasteiger partial charge >= 0.3 is 0 Å². The van der Waals surface area contributed by atoms with Crippen LogP contribution in [0.2, 0.25) is 0 Å². The molecule has 100 valence electrons. The fraction of sp³-hybridized carbons (Fsp3) is 0.0667. The van der Waals surface area contributed by atoms with Gasteiger partial charge in [0.15, 0.2) is 0 Å². The third-order valence-electron chi connectivity index (χ3n) is 3.04. The second kappa shape index (κ2) is 5.30. The predicted octanol–water partition coefficient (Wildman–Crippen LogP) is 3.00. The lowest BCUT2D eigenvalue weighted by Crippen LogP contribution is -2.15. The quantitative estimate of drug-likeness (QED) is 0.583. The predicted molar refractivity (Wildman–Crippen MR) is 82.3 cm³/mol. The fourth-order valence-electron chi connectivity index (χ4n) is 2.10. The van der Waals surface area contributed by atoms with Crippen molar-refractivity contribution in [3.05, 3.63) is 58.4 Å². The summed E-state index contributed by atoms with van der Waals surface area (Å²) < 4.78 is 2.04. The van der Waals surface area contributed by atoms with E-state index >= 15 is 0 Å². The van der Waals surface area contributed by atoms with Crippen LogP contribution in [0.3, 0.4) is 0 Å². The summed E-state index contributed by atoms with van der Waals surface area (Å²) >= 11 is 1.39. The Labute approximate surface area is 120 Å². The number of fused-ring (bicyclic) bond motifs is 1. The van der Waals surface area contributed by atoms with E-state index in [1.807, 2.05) is 47.5 Å². The average molecular weight is 283 g/mol. The molecule has 4 nitrogen and oxygen atoms in total. The Kier molecular flexibility index (Phi) is 3.35. The van der Waals surface area contributed by atoms with E-state index in [9.17, 15) is 4.79 Å². The van der Waals surface area contributed by atoms with Crippen LogP contribution in [0.4, 0.5) is 0 Å². The first kappa shape index (κ1) is 12.6. The molecule has 0 spiro atoms. The number of benzene rings is 1. The SMILES string of the molecule is Cn1cc(C=NNC(=O)c2cccs2)c2ccccc21. The van der Waals surface area contributed by atoms with Gasteiger partial charge in [-0.3, -0.25) is 4.79 Å². The van der Waals surface area contributed by atoms with E-state index in [0.717, 1.165) is 16.5 Å².